The van der Waals surface area contributed by atoms with E-state index < -0.39 is 0 Å². The molecule has 1 N–H and O–H groups in total. The Morgan fingerprint density at radius 2 is 1.62 bits per heavy atom. The lowest BCUT2D eigenvalue weighted by atomic mass is 10.1. The molecule has 6 nitrogen and oxygen atoms in total. The maximum Gasteiger partial charge on any atom is 0.260 e. The molecule has 0 aliphatic carbocycles. The quantitative estimate of drug-likeness (QED) is 0.574. The summed E-state index contributed by atoms with van der Waals surface area (Å²) in [5, 5.41) is 1.21. The van der Waals surface area contributed by atoms with Crippen molar-refractivity contribution in [2.75, 3.05) is 14.2 Å². The summed E-state index contributed by atoms with van der Waals surface area (Å²) >= 11 is 0. The lowest BCUT2D eigenvalue weighted by Gasteiger charge is -2.09. The number of rotatable bonds is 3. The van der Waals surface area contributed by atoms with Gasteiger partial charge in [0.2, 0.25) is 0 Å². The average molecular weight is 347 g/mol. The highest BCUT2D eigenvalue weighted by Gasteiger charge is 2.12. The summed E-state index contributed by atoms with van der Waals surface area (Å²) < 4.78 is 10.6. The second-order valence-electron chi connectivity index (χ2n) is 6.04. The van der Waals surface area contributed by atoms with Crippen molar-refractivity contribution in [2.45, 2.75) is 6.92 Å². The van der Waals surface area contributed by atoms with Gasteiger partial charge in [0.25, 0.3) is 5.56 Å². The molecule has 0 radical (unpaired) electrons. The van der Waals surface area contributed by atoms with Gasteiger partial charge in [0.1, 0.15) is 5.82 Å². The van der Waals surface area contributed by atoms with Crippen LogP contribution in [-0.2, 0) is 0 Å². The standard InChI is InChI=1S/C20H17N3O3/c1-11-4-6-12(7-5-11)18-22-19-14(20(24)23-18)8-13-9-16(25-2)17(26-3)10-15(13)21-19/h4-10H,1-3H3,(H,21,22,23,24). The van der Waals surface area contributed by atoms with Crippen molar-refractivity contribution in [3.05, 3.63) is 58.4 Å². The first-order chi connectivity index (χ1) is 12.6. The van der Waals surface area contributed by atoms with Gasteiger partial charge in [-0.2, -0.15) is 0 Å². The Labute approximate surface area is 149 Å². The number of fused-ring (bicyclic) bond motifs is 2. The molecule has 0 spiro atoms. The van der Waals surface area contributed by atoms with Crippen LogP contribution in [-0.4, -0.2) is 29.2 Å². The molecule has 0 saturated heterocycles. The van der Waals surface area contributed by atoms with E-state index in [-0.39, 0.29) is 5.56 Å². The Balaban J connectivity index is 1.97. The SMILES string of the molecule is COc1cc2cc3c(=O)[nH]c(-c4ccc(C)cc4)nc3nc2cc1OC. The van der Waals surface area contributed by atoms with Gasteiger partial charge in [0.15, 0.2) is 17.1 Å². The summed E-state index contributed by atoms with van der Waals surface area (Å²) in [6.45, 7) is 2.01. The van der Waals surface area contributed by atoms with Gasteiger partial charge in [0, 0.05) is 17.0 Å². The second kappa shape index (κ2) is 6.15. The lowest BCUT2D eigenvalue weighted by Crippen LogP contribution is -2.10. The number of nitrogens with one attached hydrogen (secondary N) is 1. The molecule has 130 valence electrons. The fourth-order valence-corrected chi connectivity index (χ4v) is 2.90. The summed E-state index contributed by atoms with van der Waals surface area (Å²) in [6, 6.07) is 13.2. The average Bonchev–Trinajstić information content (AvgIpc) is 2.66. The van der Waals surface area contributed by atoms with Crippen molar-refractivity contribution < 1.29 is 9.47 Å². The fraction of sp³-hybridized carbons (Fsp3) is 0.150. The third-order valence-electron chi connectivity index (χ3n) is 4.32. The van der Waals surface area contributed by atoms with Gasteiger partial charge in [0.05, 0.1) is 25.1 Å². The molecule has 4 rings (SSSR count). The monoisotopic (exact) mass is 347 g/mol. The van der Waals surface area contributed by atoms with Crippen LogP contribution in [0.15, 0.2) is 47.3 Å². The third kappa shape index (κ3) is 2.65. The number of hydrogen-bond acceptors (Lipinski definition) is 5. The van der Waals surface area contributed by atoms with Gasteiger partial charge in [-0.25, -0.2) is 9.97 Å². The van der Waals surface area contributed by atoms with Crippen molar-refractivity contribution >= 4 is 21.9 Å². The van der Waals surface area contributed by atoms with Crippen molar-refractivity contribution in [3.8, 4) is 22.9 Å². The van der Waals surface area contributed by atoms with Crippen molar-refractivity contribution in [1.82, 2.24) is 15.0 Å². The predicted molar refractivity (Wildman–Crippen MR) is 101 cm³/mol. The van der Waals surface area contributed by atoms with Crippen LogP contribution >= 0.6 is 0 Å². The molecule has 0 amide bonds. The molecule has 2 aromatic heterocycles. The molecular weight excluding hydrogens is 330 g/mol. The molecular formula is C20H17N3O3. The molecule has 6 heteroatoms. The molecule has 0 fully saturated rings. The van der Waals surface area contributed by atoms with E-state index in [0.717, 1.165) is 16.5 Å². The molecule has 0 saturated carbocycles. The molecule has 0 bridgehead atoms. The van der Waals surface area contributed by atoms with Crippen LogP contribution in [0.3, 0.4) is 0 Å². The zero-order valence-electron chi connectivity index (χ0n) is 14.7. The van der Waals surface area contributed by atoms with Gasteiger partial charge < -0.3 is 14.5 Å². The summed E-state index contributed by atoms with van der Waals surface area (Å²) in [7, 11) is 3.14. The molecule has 0 unspecified atom stereocenters. The van der Waals surface area contributed by atoms with E-state index in [1.807, 2.05) is 31.2 Å². The number of ether oxygens (including phenoxy) is 2. The van der Waals surface area contributed by atoms with E-state index in [4.69, 9.17) is 9.47 Å². The van der Waals surface area contributed by atoms with Crippen LogP contribution in [0, 0.1) is 6.92 Å². The predicted octanol–water partition coefficient (Wildman–Crippen LogP) is 3.46. The number of H-pyrrole nitrogens is 1. The highest BCUT2D eigenvalue weighted by molar-refractivity contribution is 5.92. The highest BCUT2D eigenvalue weighted by Crippen LogP contribution is 2.32. The molecule has 2 heterocycles. The van der Waals surface area contributed by atoms with Gasteiger partial charge in [-0.3, -0.25) is 4.79 Å². The highest BCUT2D eigenvalue weighted by atomic mass is 16.5. The number of aromatic nitrogens is 3. The van der Waals surface area contributed by atoms with Crippen LogP contribution in [0.4, 0.5) is 0 Å². The molecule has 0 aliphatic rings. The third-order valence-corrected chi connectivity index (χ3v) is 4.32. The first-order valence-corrected chi connectivity index (χ1v) is 8.13. The Morgan fingerprint density at radius 3 is 2.31 bits per heavy atom. The Bertz CT molecular complexity index is 1180. The first-order valence-electron chi connectivity index (χ1n) is 8.13. The smallest absolute Gasteiger partial charge is 0.260 e. The number of aryl methyl sites for hydroxylation is 1. The first kappa shape index (κ1) is 16.1. The van der Waals surface area contributed by atoms with E-state index in [0.29, 0.717) is 33.9 Å². The summed E-state index contributed by atoms with van der Waals surface area (Å²) in [6.07, 6.45) is 0. The fourth-order valence-electron chi connectivity index (χ4n) is 2.90. The van der Waals surface area contributed by atoms with Gasteiger partial charge in [-0.1, -0.05) is 29.8 Å². The van der Waals surface area contributed by atoms with Crippen LogP contribution in [0.25, 0.3) is 33.3 Å². The Morgan fingerprint density at radius 1 is 0.923 bits per heavy atom. The number of pyridine rings is 1. The van der Waals surface area contributed by atoms with Crippen molar-refractivity contribution in [2.24, 2.45) is 0 Å². The van der Waals surface area contributed by atoms with Crippen LogP contribution in [0.2, 0.25) is 0 Å². The molecule has 0 aliphatic heterocycles. The largest absolute Gasteiger partial charge is 0.493 e. The van der Waals surface area contributed by atoms with E-state index in [1.165, 1.54) is 0 Å². The second-order valence-corrected chi connectivity index (χ2v) is 6.04. The Hall–Kier alpha value is -3.41. The van der Waals surface area contributed by atoms with E-state index in [2.05, 4.69) is 15.0 Å². The summed E-state index contributed by atoms with van der Waals surface area (Å²) in [4.78, 5) is 24.5. The summed E-state index contributed by atoms with van der Waals surface area (Å²) in [5.41, 5.74) is 2.83. The molecule has 4 aromatic rings. The van der Waals surface area contributed by atoms with E-state index in [9.17, 15) is 4.79 Å². The number of methoxy groups -OCH3 is 2. The number of aromatic amines is 1. The topological polar surface area (TPSA) is 77.1 Å². The summed E-state index contributed by atoms with van der Waals surface area (Å²) in [5.74, 6) is 1.66. The van der Waals surface area contributed by atoms with Crippen molar-refractivity contribution in [3.63, 3.8) is 0 Å². The van der Waals surface area contributed by atoms with E-state index >= 15 is 0 Å². The van der Waals surface area contributed by atoms with Gasteiger partial charge >= 0.3 is 0 Å². The van der Waals surface area contributed by atoms with Crippen LogP contribution in [0.5, 0.6) is 11.5 Å². The minimum atomic E-state index is -0.227. The van der Waals surface area contributed by atoms with Crippen LogP contribution < -0.4 is 15.0 Å². The number of nitrogens with zero attached hydrogens (tertiary/aromatic N) is 2. The minimum absolute atomic E-state index is 0.227. The zero-order chi connectivity index (χ0) is 18.3. The van der Waals surface area contributed by atoms with Gasteiger partial charge in [-0.05, 0) is 19.1 Å². The lowest BCUT2D eigenvalue weighted by molar-refractivity contribution is 0.356. The normalized spacial score (nSPS) is 11.0. The number of hydrogen-bond donors (Lipinski definition) is 1. The Kier molecular flexibility index (Phi) is 3.80. The maximum atomic E-state index is 12.6. The molecule has 26 heavy (non-hydrogen) atoms. The zero-order valence-corrected chi connectivity index (χ0v) is 14.7. The molecule has 0 atom stereocenters. The van der Waals surface area contributed by atoms with Crippen LogP contribution in [0.1, 0.15) is 5.56 Å². The maximum absolute atomic E-state index is 12.6. The van der Waals surface area contributed by atoms with Gasteiger partial charge in [-0.15, -0.1) is 0 Å². The van der Waals surface area contributed by atoms with Crippen molar-refractivity contribution in [1.29, 1.82) is 0 Å². The number of benzene rings is 2. The minimum Gasteiger partial charge on any atom is -0.493 e. The molecule has 2 aromatic carbocycles. The van der Waals surface area contributed by atoms with E-state index in [1.54, 1.807) is 32.4 Å².